The SMILES string of the molecule is CCC(O)C(CCCCCCCCOCCOS(=O)(=O)OC)S(=O)(=O)OC. The van der Waals surface area contributed by atoms with Gasteiger partial charge in [-0.2, -0.15) is 16.8 Å². The Bertz CT molecular complexity index is 560. The summed E-state index contributed by atoms with van der Waals surface area (Å²) in [6.45, 7) is 2.36. The summed E-state index contributed by atoms with van der Waals surface area (Å²) in [5.74, 6) is 0. The molecule has 0 aliphatic rings. The first-order chi connectivity index (χ1) is 12.7. The topological polar surface area (TPSA) is 125 Å². The van der Waals surface area contributed by atoms with Crippen LogP contribution in [0.1, 0.15) is 58.3 Å². The van der Waals surface area contributed by atoms with Crippen LogP contribution in [-0.2, 0) is 37.8 Å². The first kappa shape index (κ1) is 26.7. The van der Waals surface area contributed by atoms with Gasteiger partial charge in [0.2, 0.25) is 0 Å². The molecule has 1 N–H and O–H groups in total. The van der Waals surface area contributed by atoms with Crippen molar-refractivity contribution in [2.45, 2.75) is 69.6 Å². The molecular formula is C16H34O9S2. The number of aliphatic hydroxyl groups is 1. The molecule has 0 aromatic carbocycles. The maximum absolute atomic E-state index is 11.8. The molecule has 0 aromatic rings. The van der Waals surface area contributed by atoms with Crippen molar-refractivity contribution in [1.29, 1.82) is 0 Å². The molecule has 27 heavy (non-hydrogen) atoms. The van der Waals surface area contributed by atoms with Crippen molar-refractivity contribution in [2.24, 2.45) is 0 Å². The van der Waals surface area contributed by atoms with Gasteiger partial charge in [-0.1, -0.05) is 39.0 Å². The van der Waals surface area contributed by atoms with Crippen LogP contribution in [0, 0.1) is 0 Å². The van der Waals surface area contributed by atoms with E-state index in [-0.39, 0.29) is 13.2 Å². The Morgan fingerprint density at radius 3 is 1.96 bits per heavy atom. The molecule has 0 heterocycles. The highest BCUT2D eigenvalue weighted by Crippen LogP contribution is 2.19. The third-order valence-electron chi connectivity index (χ3n) is 4.14. The lowest BCUT2D eigenvalue weighted by Crippen LogP contribution is -2.34. The second kappa shape index (κ2) is 14.7. The Kier molecular flexibility index (Phi) is 14.5. The first-order valence-electron chi connectivity index (χ1n) is 9.20. The van der Waals surface area contributed by atoms with Gasteiger partial charge < -0.3 is 9.84 Å². The quantitative estimate of drug-likeness (QED) is 0.254. The predicted molar refractivity (Wildman–Crippen MR) is 101 cm³/mol. The Balaban J connectivity index is 3.69. The van der Waals surface area contributed by atoms with E-state index in [4.69, 9.17) is 4.74 Å². The average molecular weight is 435 g/mol. The van der Waals surface area contributed by atoms with Gasteiger partial charge in [0.25, 0.3) is 10.1 Å². The fourth-order valence-electron chi connectivity index (χ4n) is 2.52. The van der Waals surface area contributed by atoms with Gasteiger partial charge in [0, 0.05) is 6.61 Å². The lowest BCUT2D eigenvalue weighted by Gasteiger charge is -2.20. The largest absolute Gasteiger partial charge is 0.399 e. The Hall–Kier alpha value is -0.300. The minimum Gasteiger partial charge on any atom is -0.392 e. The van der Waals surface area contributed by atoms with E-state index in [0.717, 1.165) is 46.3 Å². The summed E-state index contributed by atoms with van der Waals surface area (Å²) >= 11 is 0. The van der Waals surface area contributed by atoms with Gasteiger partial charge in [-0.05, 0) is 19.3 Å². The second-order valence-corrected chi connectivity index (χ2v) is 9.40. The van der Waals surface area contributed by atoms with Crippen LogP contribution in [0.2, 0.25) is 0 Å². The van der Waals surface area contributed by atoms with Crippen molar-refractivity contribution in [3.8, 4) is 0 Å². The van der Waals surface area contributed by atoms with Crippen molar-refractivity contribution in [1.82, 2.24) is 0 Å². The van der Waals surface area contributed by atoms with Crippen LogP contribution in [0.3, 0.4) is 0 Å². The summed E-state index contributed by atoms with van der Waals surface area (Å²) in [4.78, 5) is 0. The highest BCUT2D eigenvalue weighted by atomic mass is 32.3. The smallest absolute Gasteiger partial charge is 0.392 e. The maximum atomic E-state index is 11.8. The molecule has 9 nitrogen and oxygen atoms in total. The van der Waals surface area contributed by atoms with Crippen molar-refractivity contribution in [2.75, 3.05) is 34.0 Å². The highest BCUT2D eigenvalue weighted by molar-refractivity contribution is 7.87. The van der Waals surface area contributed by atoms with E-state index in [0.29, 0.717) is 25.9 Å². The molecule has 0 saturated heterocycles. The van der Waals surface area contributed by atoms with Crippen molar-refractivity contribution in [3.63, 3.8) is 0 Å². The number of unbranched alkanes of at least 4 members (excludes halogenated alkanes) is 5. The van der Waals surface area contributed by atoms with Crippen molar-refractivity contribution in [3.05, 3.63) is 0 Å². The lowest BCUT2D eigenvalue weighted by molar-refractivity contribution is 0.0928. The van der Waals surface area contributed by atoms with Gasteiger partial charge >= 0.3 is 10.4 Å². The zero-order chi connectivity index (χ0) is 20.8. The monoisotopic (exact) mass is 434 g/mol. The minimum absolute atomic E-state index is 0.0780. The van der Waals surface area contributed by atoms with Crippen LogP contribution in [0.4, 0.5) is 0 Å². The summed E-state index contributed by atoms with van der Waals surface area (Å²) in [6.07, 6.45) is 5.24. The van der Waals surface area contributed by atoms with Gasteiger partial charge in [0.15, 0.2) is 0 Å². The van der Waals surface area contributed by atoms with Crippen LogP contribution < -0.4 is 0 Å². The standard InChI is InChI=1S/C16H34O9S2/c1-4-15(17)16(26(18,19)22-2)11-9-7-5-6-8-10-12-24-13-14-25-27(20,21)23-3/h15-17H,4-14H2,1-3H3. The second-order valence-electron chi connectivity index (χ2n) is 6.09. The van der Waals surface area contributed by atoms with E-state index in [9.17, 15) is 21.9 Å². The number of aliphatic hydroxyl groups excluding tert-OH is 1. The summed E-state index contributed by atoms with van der Waals surface area (Å²) in [5, 5.41) is 9.01. The van der Waals surface area contributed by atoms with E-state index in [1.165, 1.54) is 0 Å². The summed E-state index contributed by atoms with van der Waals surface area (Å²) in [7, 11) is -5.47. The fraction of sp³-hybridized carbons (Fsp3) is 1.00. The fourth-order valence-corrected chi connectivity index (χ4v) is 4.17. The molecule has 0 bridgehead atoms. The van der Waals surface area contributed by atoms with E-state index >= 15 is 0 Å². The molecule has 0 fully saturated rings. The molecule has 0 saturated carbocycles. The van der Waals surface area contributed by atoms with Gasteiger partial charge in [-0.15, -0.1) is 0 Å². The third-order valence-corrected chi connectivity index (χ3v) is 6.76. The lowest BCUT2D eigenvalue weighted by atomic mass is 10.0. The van der Waals surface area contributed by atoms with Crippen LogP contribution in [0.15, 0.2) is 0 Å². The Morgan fingerprint density at radius 2 is 1.41 bits per heavy atom. The molecule has 0 aliphatic heterocycles. The molecular weight excluding hydrogens is 400 g/mol. The number of hydrogen-bond donors (Lipinski definition) is 1. The van der Waals surface area contributed by atoms with Gasteiger partial charge in [-0.25, -0.2) is 4.18 Å². The molecule has 0 aliphatic carbocycles. The van der Waals surface area contributed by atoms with Gasteiger partial charge in [0.05, 0.1) is 33.5 Å². The van der Waals surface area contributed by atoms with E-state index in [1.807, 2.05) is 0 Å². The molecule has 2 atom stereocenters. The van der Waals surface area contributed by atoms with Gasteiger partial charge in [-0.3, -0.25) is 8.37 Å². The molecule has 0 radical (unpaired) electrons. The Morgan fingerprint density at radius 1 is 0.815 bits per heavy atom. The number of rotatable bonds is 18. The highest BCUT2D eigenvalue weighted by Gasteiger charge is 2.30. The molecule has 0 spiro atoms. The molecule has 0 amide bonds. The summed E-state index contributed by atoms with van der Waals surface area (Å²) in [5.41, 5.74) is 0. The summed E-state index contributed by atoms with van der Waals surface area (Å²) < 4.78 is 63.9. The van der Waals surface area contributed by atoms with E-state index in [1.54, 1.807) is 6.92 Å². The minimum atomic E-state index is -3.90. The molecule has 11 heteroatoms. The van der Waals surface area contributed by atoms with Crippen LogP contribution in [-0.4, -0.2) is 67.3 Å². The van der Waals surface area contributed by atoms with Crippen LogP contribution in [0.25, 0.3) is 0 Å². The predicted octanol–water partition coefficient (Wildman–Crippen LogP) is 1.76. The van der Waals surface area contributed by atoms with Crippen molar-refractivity contribution >= 4 is 20.5 Å². The number of ether oxygens (including phenoxy) is 1. The molecule has 0 rings (SSSR count). The maximum Gasteiger partial charge on any atom is 0.399 e. The zero-order valence-corrected chi connectivity index (χ0v) is 18.1. The molecule has 2 unspecified atom stereocenters. The van der Waals surface area contributed by atoms with Crippen molar-refractivity contribution < 1.29 is 39.2 Å². The number of hydrogen-bond acceptors (Lipinski definition) is 9. The average Bonchev–Trinajstić information content (AvgIpc) is 2.64. The van der Waals surface area contributed by atoms with E-state index in [2.05, 4.69) is 12.5 Å². The molecule has 164 valence electrons. The van der Waals surface area contributed by atoms with Gasteiger partial charge in [0.1, 0.15) is 5.25 Å². The summed E-state index contributed by atoms with van der Waals surface area (Å²) in [6, 6.07) is 0. The molecule has 0 aromatic heterocycles. The van der Waals surface area contributed by atoms with Crippen LogP contribution >= 0.6 is 0 Å². The third kappa shape index (κ3) is 12.7. The van der Waals surface area contributed by atoms with Crippen LogP contribution in [0.5, 0.6) is 0 Å². The Labute approximate surface area is 163 Å². The zero-order valence-electron chi connectivity index (χ0n) is 16.5. The van der Waals surface area contributed by atoms with E-state index < -0.39 is 31.9 Å². The normalized spacial score (nSPS) is 15.0. The first-order valence-corrected chi connectivity index (χ1v) is 12.0.